The molecule has 0 unspecified atom stereocenters. The zero-order valence-electron chi connectivity index (χ0n) is 17.4. The summed E-state index contributed by atoms with van der Waals surface area (Å²) in [6.45, 7) is 3.64. The lowest BCUT2D eigenvalue weighted by atomic mass is 10.1. The van der Waals surface area contributed by atoms with Crippen molar-refractivity contribution in [2.45, 2.75) is 6.36 Å². The molecule has 0 aliphatic carbocycles. The van der Waals surface area contributed by atoms with Crippen molar-refractivity contribution >= 4 is 11.7 Å². The number of piperazine rings is 1. The number of aromatic nitrogens is 1. The highest BCUT2D eigenvalue weighted by molar-refractivity contribution is 5.99. The summed E-state index contributed by atoms with van der Waals surface area (Å²) in [5.41, 5.74) is 1.27. The molecule has 2 heterocycles. The van der Waals surface area contributed by atoms with E-state index in [1.54, 1.807) is 30.2 Å². The number of benzene rings is 1. The lowest BCUT2D eigenvalue weighted by Crippen LogP contribution is -2.47. The molecule has 10 heteroatoms. The third-order valence-corrected chi connectivity index (χ3v) is 4.88. The molecule has 2 aromatic rings. The van der Waals surface area contributed by atoms with Crippen molar-refractivity contribution in [2.24, 2.45) is 0 Å². The van der Waals surface area contributed by atoms with E-state index in [0.29, 0.717) is 48.9 Å². The number of carbonyl (C=O) groups is 1. The number of ether oxygens (including phenoxy) is 2. The fourth-order valence-corrected chi connectivity index (χ4v) is 3.23. The molecular weight excluding hydrogens is 413 g/mol. The predicted octanol–water partition coefficient (Wildman–Crippen LogP) is 3.09. The van der Waals surface area contributed by atoms with Gasteiger partial charge in [-0.15, -0.1) is 13.2 Å². The molecule has 1 fully saturated rings. The predicted molar refractivity (Wildman–Crippen MR) is 110 cm³/mol. The topological polar surface area (TPSA) is 66.9 Å². The van der Waals surface area contributed by atoms with Crippen molar-refractivity contribution in [1.82, 2.24) is 14.8 Å². The van der Waals surface area contributed by atoms with Crippen LogP contribution in [0.3, 0.4) is 0 Å². The molecule has 31 heavy (non-hydrogen) atoms. The normalized spacial score (nSPS) is 15.1. The highest BCUT2D eigenvalue weighted by Gasteiger charge is 2.31. The Balaban J connectivity index is 1.88. The fraction of sp³-hybridized carbons (Fsp3) is 0.429. The number of likely N-dealkylation sites (N-methyl/N-ethyl adjacent to an activating group) is 1. The summed E-state index contributed by atoms with van der Waals surface area (Å²) >= 11 is 0. The van der Waals surface area contributed by atoms with Gasteiger partial charge in [-0.1, -0.05) is 12.1 Å². The molecule has 3 rings (SSSR count). The maximum Gasteiger partial charge on any atom is 0.573 e. The van der Waals surface area contributed by atoms with E-state index >= 15 is 0 Å². The molecule has 0 radical (unpaired) electrons. The van der Waals surface area contributed by atoms with Gasteiger partial charge < -0.3 is 24.6 Å². The van der Waals surface area contributed by atoms with Gasteiger partial charge in [0.1, 0.15) is 11.6 Å². The number of carbonyl (C=O) groups excluding carboxylic acids is 1. The number of methoxy groups -OCH3 is 1. The Bertz CT molecular complexity index is 900. The van der Waals surface area contributed by atoms with Gasteiger partial charge in [-0.2, -0.15) is 0 Å². The van der Waals surface area contributed by atoms with E-state index in [9.17, 15) is 18.0 Å². The molecule has 0 atom stereocenters. The van der Waals surface area contributed by atoms with Gasteiger partial charge in [0, 0.05) is 45.4 Å². The molecule has 1 amide bonds. The molecular formula is C21H25F3N4O3. The van der Waals surface area contributed by atoms with E-state index in [-0.39, 0.29) is 11.7 Å². The van der Waals surface area contributed by atoms with Crippen molar-refractivity contribution in [1.29, 1.82) is 0 Å². The van der Waals surface area contributed by atoms with E-state index in [1.807, 2.05) is 7.05 Å². The van der Waals surface area contributed by atoms with E-state index in [2.05, 4.69) is 19.9 Å². The summed E-state index contributed by atoms with van der Waals surface area (Å²) < 4.78 is 46.7. The molecule has 1 aliphatic heterocycles. The number of pyridine rings is 1. The summed E-state index contributed by atoms with van der Waals surface area (Å²) in [4.78, 5) is 21.5. The van der Waals surface area contributed by atoms with Crippen LogP contribution in [0.5, 0.6) is 5.75 Å². The van der Waals surface area contributed by atoms with Crippen molar-refractivity contribution < 1.29 is 27.4 Å². The third kappa shape index (κ3) is 6.31. The van der Waals surface area contributed by atoms with E-state index in [4.69, 9.17) is 4.74 Å². The summed E-state index contributed by atoms with van der Waals surface area (Å²) in [5.74, 6) is -0.111. The molecule has 1 N–H and O–H groups in total. The Morgan fingerprint density at radius 2 is 1.90 bits per heavy atom. The first-order chi connectivity index (χ1) is 14.8. The van der Waals surface area contributed by atoms with Gasteiger partial charge in [-0.05, 0) is 31.3 Å². The molecule has 168 valence electrons. The lowest BCUT2D eigenvalue weighted by Gasteiger charge is -2.32. The monoisotopic (exact) mass is 438 g/mol. The maximum atomic E-state index is 13.1. The number of hydrogen-bond acceptors (Lipinski definition) is 6. The second-order valence-corrected chi connectivity index (χ2v) is 7.18. The first kappa shape index (κ1) is 22.8. The minimum absolute atomic E-state index is 0.138. The summed E-state index contributed by atoms with van der Waals surface area (Å²) in [7, 11) is 3.57. The molecule has 1 aromatic carbocycles. The Hall–Kier alpha value is -2.85. The van der Waals surface area contributed by atoms with Crippen LogP contribution in [0, 0.1) is 0 Å². The average molecular weight is 438 g/mol. The third-order valence-electron chi connectivity index (χ3n) is 4.88. The molecule has 7 nitrogen and oxygen atoms in total. The molecule has 0 bridgehead atoms. The zero-order chi connectivity index (χ0) is 22.4. The average Bonchev–Trinajstić information content (AvgIpc) is 2.73. The molecule has 0 spiro atoms. The van der Waals surface area contributed by atoms with Gasteiger partial charge in [0.25, 0.3) is 5.91 Å². The Kier molecular flexibility index (Phi) is 7.34. The second kappa shape index (κ2) is 9.97. The Labute approximate surface area is 178 Å². The first-order valence-electron chi connectivity index (χ1n) is 9.84. The summed E-state index contributed by atoms with van der Waals surface area (Å²) in [5, 5.41) is 3.10. The summed E-state index contributed by atoms with van der Waals surface area (Å²) in [6, 6.07) is 8.84. The standard InChI is InChI=1S/C21H25F3N4O3/c1-27-9-11-28(12-10-27)20(29)17-6-7-18(26-19(17)25-8-13-30-2)15-4-3-5-16(14-15)31-21(22,23)24/h3-7,14H,8-13H2,1-2H3,(H,25,26). The summed E-state index contributed by atoms with van der Waals surface area (Å²) in [6.07, 6.45) is -4.78. The highest BCUT2D eigenvalue weighted by Crippen LogP contribution is 2.29. The van der Waals surface area contributed by atoms with Crippen LogP contribution in [0.2, 0.25) is 0 Å². The second-order valence-electron chi connectivity index (χ2n) is 7.18. The Morgan fingerprint density at radius 3 is 2.58 bits per heavy atom. The van der Waals surface area contributed by atoms with Gasteiger partial charge in [-0.3, -0.25) is 4.79 Å². The number of rotatable bonds is 7. The van der Waals surface area contributed by atoms with Crippen molar-refractivity contribution in [3.63, 3.8) is 0 Å². The largest absolute Gasteiger partial charge is 0.573 e. The number of nitrogens with one attached hydrogen (secondary N) is 1. The minimum Gasteiger partial charge on any atom is -0.406 e. The van der Waals surface area contributed by atoms with Gasteiger partial charge in [0.15, 0.2) is 0 Å². The number of alkyl halides is 3. The van der Waals surface area contributed by atoms with E-state index in [1.165, 1.54) is 18.2 Å². The van der Waals surface area contributed by atoms with Crippen LogP contribution < -0.4 is 10.1 Å². The lowest BCUT2D eigenvalue weighted by molar-refractivity contribution is -0.274. The molecule has 0 saturated carbocycles. The van der Waals surface area contributed by atoms with Gasteiger partial charge >= 0.3 is 6.36 Å². The van der Waals surface area contributed by atoms with Gasteiger partial charge in [0.05, 0.1) is 17.9 Å². The molecule has 1 aliphatic rings. The van der Waals surface area contributed by atoms with Gasteiger partial charge in [-0.25, -0.2) is 4.98 Å². The van der Waals surface area contributed by atoms with Crippen molar-refractivity contribution in [2.75, 3.05) is 58.8 Å². The maximum absolute atomic E-state index is 13.1. The smallest absolute Gasteiger partial charge is 0.406 e. The highest BCUT2D eigenvalue weighted by atomic mass is 19.4. The van der Waals surface area contributed by atoms with Crippen LogP contribution in [-0.4, -0.2) is 80.5 Å². The molecule has 1 aromatic heterocycles. The van der Waals surface area contributed by atoms with Crippen LogP contribution in [-0.2, 0) is 4.74 Å². The number of nitrogens with zero attached hydrogens (tertiary/aromatic N) is 3. The Morgan fingerprint density at radius 1 is 1.16 bits per heavy atom. The quantitative estimate of drug-likeness (QED) is 0.671. The number of anilines is 1. The van der Waals surface area contributed by atoms with Crippen LogP contribution in [0.4, 0.5) is 19.0 Å². The fourth-order valence-electron chi connectivity index (χ4n) is 3.23. The van der Waals surface area contributed by atoms with Crippen molar-refractivity contribution in [3.8, 4) is 17.0 Å². The van der Waals surface area contributed by atoms with E-state index in [0.717, 1.165) is 13.1 Å². The number of hydrogen-bond donors (Lipinski definition) is 1. The van der Waals surface area contributed by atoms with Crippen LogP contribution in [0.1, 0.15) is 10.4 Å². The van der Waals surface area contributed by atoms with Gasteiger partial charge in [0.2, 0.25) is 0 Å². The minimum atomic E-state index is -4.78. The first-order valence-corrected chi connectivity index (χ1v) is 9.84. The van der Waals surface area contributed by atoms with Crippen molar-refractivity contribution in [3.05, 3.63) is 42.0 Å². The van der Waals surface area contributed by atoms with E-state index < -0.39 is 6.36 Å². The SMILES string of the molecule is COCCNc1nc(-c2cccc(OC(F)(F)F)c2)ccc1C(=O)N1CCN(C)CC1. The number of amides is 1. The number of halogens is 3. The van der Waals surface area contributed by atoms with Crippen LogP contribution >= 0.6 is 0 Å². The zero-order valence-corrected chi connectivity index (χ0v) is 17.4. The van der Waals surface area contributed by atoms with Crippen LogP contribution in [0.25, 0.3) is 11.3 Å². The molecule has 1 saturated heterocycles. The van der Waals surface area contributed by atoms with Crippen LogP contribution in [0.15, 0.2) is 36.4 Å².